The van der Waals surface area contributed by atoms with Crippen molar-refractivity contribution >= 4 is 5.97 Å². The molecule has 0 aromatic heterocycles. The Morgan fingerprint density at radius 1 is 1.18 bits per heavy atom. The molecular weight excluding hydrogens is 228 g/mol. The second-order valence-corrected chi connectivity index (χ2v) is 3.77. The minimum absolute atomic E-state index is 0.0811. The van der Waals surface area contributed by atoms with E-state index in [1.54, 1.807) is 0 Å². The van der Waals surface area contributed by atoms with Crippen molar-refractivity contribution in [3.05, 3.63) is 17.7 Å². The fraction of sp³-hybridized carbons (Fsp3) is 0.364. The van der Waals surface area contributed by atoms with Gasteiger partial charge in [0.15, 0.2) is 17.2 Å². The third-order valence-corrected chi connectivity index (χ3v) is 2.29. The molecule has 0 spiro atoms. The van der Waals surface area contributed by atoms with Crippen molar-refractivity contribution < 1.29 is 30.3 Å². The lowest BCUT2D eigenvalue weighted by Crippen LogP contribution is -2.12. The minimum Gasteiger partial charge on any atom is -0.504 e. The Morgan fingerprint density at radius 3 is 2.18 bits per heavy atom. The highest BCUT2D eigenvalue weighted by Crippen LogP contribution is 2.35. The Kier molecular flexibility index (Phi) is 4.17. The molecule has 94 valence electrons. The zero-order valence-corrected chi connectivity index (χ0v) is 9.00. The molecule has 0 saturated heterocycles. The maximum atomic E-state index is 10.3. The van der Waals surface area contributed by atoms with E-state index in [1.165, 1.54) is 12.1 Å². The largest absolute Gasteiger partial charge is 0.504 e. The van der Waals surface area contributed by atoms with Crippen molar-refractivity contribution in [2.24, 2.45) is 0 Å². The lowest BCUT2D eigenvalue weighted by Gasteiger charge is -2.10. The van der Waals surface area contributed by atoms with E-state index >= 15 is 0 Å². The highest BCUT2D eigenvalue weighted by molar-refractivity contribution is 5.66. The molecule has 0 saturated carbocycles. The summed E-state index contributed by atoms with van der Waals surface area (Å²) in [4.78, 5) is 10.3. The molecular formula is C11H14O6. The summed E-state index contributed by atoms with van der Waals surface area (Å²) in [5.41, 5.74) is 0.413. The summed E-state index contributed by atoms with van der Waals surface area (Å²) in [5.74, 6) is -2.58. The van der Waals surface area contributed by atoms with Crippen LogP contribution in [0.15, 0.2) is 12.1 Å². The first-order chi connectivity index (χ1) is 7.90. The number of carboxylic acids is 1. The number of hydrogen-bond acceptors (Lipinski definition) is 5. The number of aromatic hydroxyl groups is 3. The second kappa shape index (κ2) is 5.40. The van der Waals surface area contributed by atoms with E-state index in [9.17, 15) is 20.1 Å². The van der Waals surface area contributed by atoms with Gasteiger partial charge in [0.1, 0.15) is 0 Å². The molecule has 1 rings (SSSR count). The molecule has 6 nitrogen and oxygen atoms in total. The van der Waals surface area contributed by atoms with Gasteiger partial charge in [0.2, 0.25) is 0 Å². The van der Waals surface area contributed by atoms with E-state index < -0.39 is 29.3 Å². The average molecular weight is 242 g/mol. The predicted molar refractivity (Wildman–Crippen MR) is 58.0 cm³/mol. The minimum atomic E-state index is -1.000. The van der Waals surface area contributed by atoms with Crippen LogP contribution in [0.1, 0.15) is 18.4 Å². The Morgan fingerprint density at radius 2 is 1.71 bits per heavy atom. The zero-order chi connectivity index (χ0) is 13.0. The molecule has 17 heavy (non-hydrogen) atoms. The van der Waals surface area contributed by atoms with Gasteiger partial charge in [-0.1, -0.05) is 0 Å². The molecule has 1 aromatic carbocycles. The molecule has 0 fully saturated rings. The summed E-state index contributed by atoms with van der Waals surface area (Å²) in [6.45, 7) is 0. The molecule has 5 N–H and O–H groups in total. The monoisotopic (exact) mass is 242 g/mol. The normalized spacial score (nSPS) is 12.3. The van der Waals surface area contributed by atoms with Gasteiger partial charge in [-0.25, -0.2) is 0 Å². The van der Waals surface area contributed by atoms with E-state index in [2.05, 4.69) is 0 Å². The molecule has 1 atom stereocenters. The summed E-state index contributed by atoms with van der Waals surface area (Å²) in [6.07, 6.45) is -0.863. The molecule has 0 heterocycles. The maximum absolute atomic E-state index is 10.3. The van der Waals surface area contributed by atoms with Gasteiger partial charge >= 0.3 is 5.97 Å². The lowest BCUT2D eigenvalue weighted by atomic mass is 10.0. The summed E-state index contributed by atoms with van der Waals surface area (Å²) >= 11 is 0. The number of aliphatic carboxylic acids is 1. The highest BCUT2D eigenvalue weighted by Gasteiger charge is 2.12. The van der Waals surface area contributed by atoms with Crippen LogP contribution < -0.4 is 0 Å². The topological polar surface area (TPSA) is 118 Å². The third kappa shape index (κ3) is 3.84. The molecule has 0 aliphatic rings. The first kappa shape index (κ1) is 13.1. The molecule has 0 unspecified atom stereocenters. The van der Waals surface area contributed by atoms with Crippen LogP contribution in [0.2, 0.25) is 0 Å². The first-order valence-corrected chi connectivity index (χ1v) is 5.04. The number of phenols is 3. The number of hydrogen-bond donors (Lipinski definition) is 5. The number of aliphatic hydroxyl groups is 1. The number of benzene rings is 1. The molecule has 0 aliphatic heterocycles. The maximum Gasteiger partial charge on any atom is 0.303 e. The lowest BCUT2D eigenvalue weighted by molar-refractivity contribution is -0.137. The first-order valence-electron chi connectivity index (χ1n) is 5.04. The van der Waals surface area contributed by atoms with Crippen molar-refractivity contribution in [2.75, 3.05) is 0 Å². The summed E-state index contributed by atoms with van der Waals surface area (Å²) in [6, 6.07) is 2.41. The predicted octanol–water partition coefficient (Wildman–Crippen LogP) is 0.572. The summed E-state index contributed by atoms with van der Waals surface area (Å²) < 4.78 is 0. The van der Waals surface area contributed by atoms with Crippen molar-refractivity contribution in [2.45, 2.75) is 25.4 Å². The van der Waals surface area contributed by atoms with E-state index in [1.807, 2.05) is 0 Å². The van der Waals surface area contributed by atoms with Gasteiger partial charge in [0.05, 0.1) is 6.10 Å². The van der Waals surface area contributed by atoms with Gasteiger partial charge < -0.3 is 25.5 Å². The summed E-state index contributed by atoms with van der Waals surface area (Å²) in [5, 5.41) is 45.5. The van der Waals surface area contributed by atoms with E-state index in [0.29, 0.717) is 5.56 Å². The molecule has 6 heteroatoms. The van der Waals surface area contributed by atoms with Gasteiger partial charge in [-0.05, 0) is 30.5 Å². The number of carboxylic acid groups (broad SMARTS) is 1. The smallest absolute Gasteiger partial charge is 0.303 e. The molecule has 0 aliphatic carbocycles. The summed E-state index contributed by atoms with van der Waals surface area (Å²) in [7, 11) is 0. The third-order valence-electron chi connectivity index (χ3n) is 2.29. The van der Waals surface area contributed by atoms with Gasteiger partial charge in [-0.2, -0.15) is 0 Å². The number of phenolic OH excluding ortho intramolecular Hbond substituents is 3. The van der Waals surface area contributed by atoms with E-state index in [0.717, 1.165) is 0 Å². The van der Waals surface area contributed by atoms with Crippen molar-refractivity contribution in [3.63, 3.8) is 0 Å². The Labute approximate surface area is 97.4 Å². The van der Waals surface area contributed by atoms with E-state index in [-0.39, 0.29) is 19.3 Å². The van der Waals surface area contributed by atoms with Crippen molar-refractivity contribution in [3.8, 4) is 17.2 Å². The Hall–Kier alpha value is -1.95. The van der Waals surface area contributed by atoms with Crippen molar-refractivity contribution in [1.29, 1.82) is 0 Å². The van der Waals surface area contributed by atoms with Crippen LogP contribution >= 0.6 is 0 Å². The molecule has 0 radical (unpaired) electrons. The van der Waals surface area contributed by atoms with Crippen LogP contribution in [0.3, 0.4) is 0 Å². The second-order valence-electron chi connectivity index (χ2n) is 3.77. The highest BCUT2D eigenvalue weighted by atomic mass is 16.4. The SMILES string of the molecule is O=C(O)CC[C@@H](O)Cc1cc(O)c(O)c(O)c1. The Bertz CT molecular complexity index is 391. The standard InChI is InChI=1S/C11H14O6/c12-7(1-2-10(15)16)3-6-4-8(13)11(17)9(14)5-6/h4-5,7,12-14,17H,1-3H2,(H,15,16)/t7-/m1/s1. The average Bonchev–Trinajstić information content (AvgIpc) is 2.23. The van der Waals surface area contributed by atoms with Crippen molar-refractivity contribution in [1.82, 2.24) is 0 Å². The number of aliphatic hydroxyl groups excluding tert-OH is 1. The van der Waals surface area contributed by atoms with Crippen LogP contribution in [-0.2, 0) is 11.2 Å². The van der Waals surface area contributed by atoms with Gasteiger partial charge in [0.25, 0.3) is 0 Å². The quantitative estimate of drug-likeness (QED) is 0.482. The zero-order valence-electron chi connectivity index (χ0n) is 9.00. The van der Waals surface area contributed by atoms with Crippen LogP contribution in [-0.4, -0.2) is 37.6 Å². The molecule has 0 bridgehead atoms. The van der Waals surface area contributed by atoms with Crippen LogP contribution in [0.25, 0.3) is 0 Å². The Balaban J connectivity index is 2.65. The fourth-order valence-corrected chi connectivity index (χ4v) is 1.44. The van der Waals surface area contributed by atoms with Gasteiger partial charge in [-0.3, -0.25) is 4.79 Å². The molecule has 1 aromatic rings. The van der Waals surface area contributed by atoms with Gasteiger partial charge in [0, 0.05) is 6.42 Å². The van der Waals surface area contributed by atoms with Crippen LogP contribution in [0.5, 0.6) is 17.2 Å². The number of rotatable bonds is 5. The fourth-order valence-electron chi connectivity index (χ4n) is 1.44. The van der Waals surface area contributed by atoms with Gasteiger partial charge in [-0.15, -0.1) is 0 Å². The number of carbonyl (C=O) groups is 1. The van der Waals surface area contributed by atoms with E-state index in [4.69, 9.17) is 10.2 Å². The van der Waals surface area contributed by atoms with Crippen LogP contribution in [0, 0.1) is 0 Å². The molecule has 0 amide bonds. The van der Waals surface area contributed by atoms with Crippen LogP contribution in [0.4, 0.5) is 0 Å².